The van der Waals surface area contributed by atoms with Gasteiger partial charge in [0, 0.05) is 0 Å². The molecule has 0 aliphatic rings. The number of unbranched alkanes of at least 4 members (excludes halogenated alkanes) is 47. The van der Waals surface area contributed by atoms with Crippen LogP contribution in [0.4, 0.5) is 0 Å². The van der Waals surface area contributed by atoms with Gasteiger partial charge in [-0.2, -0.15) is 0 Å². The highest BCUT2D eigenvalue weighted by atomic mass is 16.4. The Morgan fingerprint density at radius 1 is 0.269 bits per heavy atom. The van der Waals surface area contributed by atoms with Crippen molar-refractivity contribution in [1.82, 2.24) is 0 Å². The van der Waals surface area contributed by atoms with Crippen LogP contribution >= 0.6 is 0 Å². The van der Waals surface area contributed by atoms with E-state index in [0.29, 0.717) is 5.46 Å². The van der Waals surface area contributed by atoms with E-state index in [1.54, 1.807) is 12.1 Å². The lowest BCUT2D eigenvalue weighted by Gasteiger charge is -2.26. The van der Waals surface area contributed by atoms with Gasteiger partial charge in [-0.1, -0.05) is 341 Å². The van der Waals surface area contributed by atoms with Gasteiger partial charge in [-0.25, -0.2) is 0 Å². The molecule has 0 aromatic heterocycles. The zero-order chi connectivity index (χ0) is 49.0. The molecule has 67 heavy (non-hydrogen) atoms. The summed E-state index contributed by atoms with van der Waals surface area (Å²) in [6, 6.07) is 7.01. The largest absolute Gasteiger partial charge is 0.889 e. The van der Waals surface area contributed by atoms with Crippen LogP contribution < -0.4 is 27.0 Å². The molecule has 0 atom stereocenters. The van der Waals surface area contributed by atoms with E-state index in [1.807, 2.05) is 12.1 Å². The second-order valence-corrected chi connectivity index (χ2v) is 21.1. The highest BCUT2D eigenvalue weighted by molar-refractivity contribution is 6.55. The van der Waals surface area contributed by atoms with E-state index in [4.69, 9.17) is 0 Å². The number of quaternary nitrogens is 2. The van der Waals surface area contributed by atoms with Crippen molar-refractivity contribution in [2.75, 3.05) is 13.1 Å². The summed E-state index contributed by atoms with van der Waals surface area (Å²) in [6.07, 6.45) is 73.7. The molecule has 5 heteroatoms. The van der Waals surface area contributed by atoms with Crippen molar-refractivity contribution < 1.29 is 21.5 Å². The molecule has 0 bridgehead atoms. The minimum absolute atomic E-state index is 0.334. The summed E-state index contributed by atoms with van der Waals surface area (Å²) < 4.78 is 0. The van der Waals surface area contributed by atoms with E-state index in [2.05, 4.69) is 32.2 Å². The second-order valence-electron chi connectivity index (χ2n) is 21.1. The average Bonchev–Trinajstić information content (AvgIpc) is 3.34. The molecule has 0 aliphatic heterocycles. The molecule has 0 aliphatic carbocycles. The minimum Gasteiger partial charge on any atom is -0.889 e. The van der Waals surface area contributed by atoms with Crippen LogP contribution in [0, 0.1) is 0 Å². The van der Waals surface area contributed by atoms with E-state index >= 15 is 0 Å². The van der Waals surface area contributed by atoms with Crippen molar-refractivity contribution in [2.45, 2.75) is 348 Å². The Morgan fingerprint density at radius 3 is 0.612 bits per heavy atom. The van der Waals surface area contributed by atoms with Crippen molar-refractivity contribution in [2.24, 2.45) is 0 Å². The number of rotatable bonds is 52. The summed E-state index contributed by atoms with van der Waals surface area (Å²) in [7, 11) is -1.85. The Bertz CT molecular complexity index is 877. The minimum atomic E-state index is -1.85. The molecule has 6 N–H and O–H groups in total. The van der Waals surface area contributed by atoms with Gasteiger partial charge in [-0.3, -0.25) is 0 Å². The molecule has 4 nitrogen and oxygen atoms in total. The number of hydrogen-bond acceptors (Lipinski definition) is 2. The standard InChI is InChI=1S/2C26H55N.C10H13BO2/c2*1-2-3-4-5-6-7-8-9-10-11-12-13-14-15-16-17-18-19-20-21-22-23-24-25-26-27;1-2-3-4-9-5-7-10(8-6-9)11(12)13/h2*2-27H2,1H3;5-8H,2-4H2,1H3/q;;-2/p+2. The summed E-state index contributed by atoms with van der Waals surface area (Å²) in [5, 5.41) is 21.0. The zero-order valence-corrected chi connectivity index (χ0v) is 46.6. The van der Waals surface area contributed by atoms with E-state index in [-0.39, 0.29) is 0 Å². The highest BCUT2D eigenvalue weighted by Crippen LogP contribution is 2.18. The van der Waals surface area contributed by atoms with Gasteiger partial charge in [0.15, 0.2) is 0 Å². The van der Waals surface area contributed by atoms with Gasteiger partial charge in [-0.05, 0) is 44.1 Å². The third kappa shape index (κ3) is 61.2. The van der Waals surface area contributed by atoms with Crippen molar-refractivity contribution >= 4 is 12.6 Å². The predicted octanol–water partition coefficient (Wildman–Crippen LogP) is 16.7. The normalized spacial score (nSPS) is 11.1. The van der Waals surface area contributed by atoms with E-state index in [9.17, 15) is 10.0 Å². The maximum Gasteiger partial charge on any atom is 0.0739 e. The van der Waals surface area contributed by atoms with Crippen LogP contribution in [-0.2, 0) is 6.42 Å². The Hall–Kier alpha value is -0.875. The highest BCUT2D eigenvalue weighted by Gasteiger charge is 1.99. The summed E-state index contributed by atoms with van der Waals surface area (Å²) in [5.74, 6) is 0. The molecule has 398 valence electrons. The lowest BCUT2D eigenvalue weighted by atomic mass is 9.80. The van der Waals surface area contributed by atoms with Crippen molar-refractivity contribution in [3.05, 3.63) is 29.8 Å². The quantitative estimate of drug-likeness (QED) is 0.0502. The summed E-state index contributed by atoms with van der Waals surface area (Å²) in [6.45, 7) is 8.99. The number of aryl methyl sites for hydroxylation is 1. The summed E-state index contributed by atoms with van der Waals surface area (Å²) in [5.41, 5.74) is 9.36. The number of benzene rings is 1. The van der Waals surface area contributed by atoms with Gasteiger partial charge < -0.3 is 21.5 Å². The summed E-state index contributed by atoms with van der Waals surface area (Å²) >= 11 is 0. The Labute approximate surface area is 423 Å². The van der Waals surface area contributed by atoms with Crippen LogP contribution in [0.25, 0.3) is 0 Å². The fourth-order valence-electron chi connectivity index (χ4n) is 9.50. The Morgan fingerprint density at radius 2 is 0.448 bits per heavy atom. The Kier molecular flexibility index (Phi) is 64.3. The van der Waals surface area contributed by atoms with Crippen LogP contribution in [0.3, 0.4) is 0 Å². The lowest BCUT2D eigenvalue weighted by Crippen LogP contribution is -2.55. The van der Waals surface area contributed by atoms with Crippen LogP contribution in [0.5, 0.6) is 0 Å². The van der Waals surface area contributed by atoms with Crippen molar-refractivity contribution in [1.29, 1.82) is 0 Å². The molecular formula is C62H125BN2O2. The first kappa shape index (κ1) is 68.2. The van der Waals surface area contributed by atoms with E-state index < -0.39 is 7.12 Å². The van der Waals surface area contributed by atoms with Crippen LogP contribution in [0.15, 0.2) is 24.3 Å². The van der Waals surface area contributed by atoms with Crippen molar-refractivity contribution in [3.8, 4) is 0 Å². The predicted molar refractivity (Wildman–Crippen MR) is 299 cm³/mol. The second kappa shape index (κ2) is 63.1. The van der Waals surface area contributed by atoms with Crippen molar-refractivity contribution in [3.63, 3.8) is 0 Å². The van der Waals surface area contributed by atoms with E-state index in [0.717, 1.165) is 32.4 Å². The molecule has 1 aromatic rings. The fourth-order valence-corrected chi connectivity index (χ4v) is 9.50. The SMILES string of the molecule is CCCCCCCCCCCCCCCCCCCCCCCCCC[NH3+].CCCCCCCCCCCCCCCCCCCCCCCCCC[NH3+].CCCCc1ccc(B([O-])[O-])cc1. The summed E-state index contributed by atoms with van der Waals surface area (Å²) in [4.78, 5) is 0. The maximum atomic E-state index is 10.5. The maximum absolute atomic E-state index is 10.5. The Balaban J connectivity index is 0. The molecule has 0 radical (unpaired) electrons. The molecule has 1 aromatic carbocycles. The third-order valence-corrected chi connectivity index (χ3v) is 14.3. The average molecular weight is 942 g/mol. The van der Waals surface area contributed by atoms with Crippen LogP contribution in [-0.4, -0.2) is 20.2 Å². The van der Waals surface area contributed by atoms with E-state index in [1.165, 1.54) is 314 Å². The molecule has 0 saturated carbocycles. The first-order valence-electron chi connectivity index (χ1n) is 31.1. The number of hydrogen-bond donors (Lipinski definition) is 2. The monoisotopic (exact) mass is 941 g/mol. The smallest absolute Gasteiger partial charge is 0.0739 e. The zero-order valence-electron chi connectivity index (χ0n) is 46.6. The van der Waals surface area contributed by atoms with Crippen LogP contribution in [0.2, 0.25) is 0 Å². The van der Waals surface area contributed by atoms with Gasteiger partial charge in [0.25, 0.3) is 0 Å². The molecule has 0 unspecified atom stereocenters. The fraction of sp³-hybridized carbons (Fsp3) is 0.903. The molecule has 0 spiro atoms. The molecule has 0 fully saturated rings. The van der Waals surface area contributed by atoms with Gasteiger partial charge in [0.05, 0.1) is 13.1 Å². The molecule has 0 amide bonds. The van der Waals surface area contributed by atoms with Gasteiger partial charge in [0.1, 0.15) is 0 Å². The third-order valence-electron chi connectivity index (χ3n) is 14.3. The molecule has 0 heterocycles. The molecular weight excluding hydrogens is 816 g/mol. The topological polar surface area (TPSA) is 101 Å². The van der Waals surface area contributed by atoms with Gasteiger partial charge >= 0.3 is 0 Å². The molecule has 1 rings (SSSR count). The molecule has 0 saturated heterocycles. The lowest BCUT2D eigenvalue weighted by molar-refractivity contribution is -0.368. The van der Waals surface area contributed by atoms with Gasteiger partial charge in [-0.15, -0.1) is 5.46 Å². The first-order chi connectivity index (χ1) is 33.1. The van der Waals surface area contributed by atoms with Crippen LogP contribution in [0.1, 0.15) is 347 Å². The van der Waals surface area contributed by atoms with Gasteiger partial charge in [0.2, 0.25) is 0 Å². The first-order valence-corrected chi connectivity index (χ1v) is 31.1.